The van der Waals surface area contributed by atoms with Crippen molar-refractivity contribution in [3.05, 3.63) is 64.3 Å². The van der Waals surface area contributed by atoms with E-state index in [-0.39, 0.29) is 17.2 Å². The van der Waals surface area contributed by atoms with Crippen LogP contribution in [0.5, 0.6) is 0 Å². The van der Waals surface area contributed by atoms with Crippen LogP contribution >= 0.6 is 0 Å². The Morgan fingerprint density at radius 1 is 1.13 bits per heavy atom. The van der Waals surface area contributed by atoms with Gasteiger partial charge in [0.2, 0.25) is 0 Å². The Balaban J connectivity index is 1.77. The minimum absolute atomic E-state index is 0.0314. The van der Waals surface area contributed by atoms with Crippen LogP contribution in [-0.4, -0.2) is 30.6 Å². The third-order valence-corrected chi connectivity index (χ3v) is 4.81. The van der Waals surface area contributed by atoms with E-state index in [4.69, 9.17) is 0 Å². The summed E-state index contributed by atoms with van der Waals surface area (Å²) in [6.45, 7) is 0.429. The van der Waals surface area contributed by atoms with Gasteiger partial charge >= 0.3 is 0 Å². The van der Waals surface area contributed by atoms with Crippen LogP contribution in [-0.2, 0) is 15.6 Å². The van der Waals surface area contributed by atoms with Crippen molar-refractivity contribution < 1.29 is 13.3 Å². The number of nitrogens with zero attached hydrogens (tertiary/aromatic N) is 2. The van der Waals surface area contributed by atoms with E-state index in [1.54, 1.807) is 12.1 Å². The van der Waals surface area contributed by atoms with Crippen LogP contribution in [0.4, 0.5) is 11.5 Å². The average molecular weight is 335 g/mol. The van der Waals surface area contributed by atoms with Crippen LogP contribution in [0.2, 0.25) is 0 Å². The summed E-state index contributed by atoms with van der Waals surface area (Å²) in [5.41, 5.74) is 0.693. The molecule has 1 N–H and O–H groups in total. The van der Waals surface area contributed by atoms with Crippen LogP contribution in [0, 0.1) is 10.1 Å². The molecule has 0 aliphatic heterocycles. The maximum atomic E-state index is 12.0. The summed E-state index contributed by atoms with van der Waals surface area (Å²) in [5.74, 6) is 0.585. The fourth-order valence-electron chi connectivity index (χ4n) is 2.01. The molecule has 23 heavy (non-hydrogen) atoms. The topological polar surface area (TPSA) is 102 Å². The molecule has 0 saturated heterocycles. The molecule has 7 nitrogen and oxygen atoms in total. The van der Waals surface area contributed by atoms with Gasteiger partial charge in [0, 0.05) is 12.6 Å². The van der Waals surface area contributed by atoms with Crippen molar-refractivity contribution >= 4 is 21.3 Å². The first-order valence-corrected chi connectivity index (χ1v) is 8.87. The Bertz CT molecular complexity index is 746. The Hall–Kier alpha value is -2.48. The van der Waals surface area contributed by atoms with E-state index in [2.05, 4.69) is 10.3 Å². The van der Waals surface area contributed by atoms with Crippen molar-refractivity contribution in [2.24, 2.45) is 0 Å². The number of pyridine rings is 1. The van der Waals surface area contributed by atoms with Gasteiger partial charge in [0.1, 0.15) is 12.0 Å². The van der Waals surface area contributed by atoms with Crippen LogP contribution < -0.4 is 5.32 Å². The van der Waals surface area contributed by atoms with Gasteiger partial charge < -0.3 is 5.32 Å². The molecule has 0 amide bonds. The van der Waals surface area contributed by atoms with Gasteiger partial charge in [0.25, 0.3) is 5.69 Å². The second-order valence-corrected chi connectivity index (χ2v) is 7.20. The largest absolute Gasteiger partial charge is 0.370 e. The number of rotatable bonds is 8. The van der Waals surface area contributed by atoms with Gasteiger partial charge in [-0.1, -0.05) is 30.3 Å². The van der Waals surface area contributed by atoms with Crippen molar-refractivity contribution in [3.63, 3.8) is 0 Å². The summed E-state index contributed by atoms with van der Waals surface area (Å²) in [6.07, 6.45) is 1.60. The van der Waals surface area contributed by atoms with Crippen LogP contribution in [0.25, 0.3) is 0 Å². The SMILES string of the molecule is O=[N+]([O-])c1ccc(NCCCS(=O)(=O)Cc2ccccc2)nc1. The quantitative estimate of drug-likeness (QED) is 0.451. The molecule has 122 valence electrons. The van der Waals surface area contributed by atoms with Gasteiger partial charge in [0.05, 0.1) is 16.4 Å². The Kier molecular flexibility index (Phi) is 5.64. The molecule has 1 aromatic carbocycles. The second kappa shape index (κ2) is 7.68. The second-order valence-electron chi connectivity index (χ2n) is 5.02. The predicted molar refractivity (Wildman–Crippen MR) is 87.9 cm³/mol. The molecule has 0 saturated carbocycles. The summed E-state index contributed by atoms with van der Waals surface area (Å²) >= 11 is 0. The lowest BCUT2D eigenvalue weighted by Gasteiger charge is -2.06. The Morgan fingerprint density at radius 2 is 1.87 bits per heavy atom. The van der Waals surface area contributed by atoms with E-state index in [0.29, 0.717) is 18.8 Å². The summed E-state index contributed by atoms with van der Waals surface area (Å²) in [6, 6.07) is 11.9. The van der Waals surface area contributed by atoms with Gasteiger partial charge in [-0.2, -0.15) is 0 Å². The van der Waals surface area contributed by atoms with Gasteiger partial charge in [-0.05, 0) is 18.1 Å². The van der Waals surface area contributed by atoms with Crippen molar-refractivity contribution in [1.82, 2.24) is 4.98 Å². The molecule has 0 fully saturated rings. The number of hydrogen-bond acceptors (Lipinski definition) is 6. The van der Waals surface area contributed by atoms with Crippen LogP contribution in [0.1, 0.15) is 12.0 Å². The van der Waals surface area contributed by atoms with E-state index in [1.165, 1.54) is 12.1 Å². The van der Waals surface area contributed by atoms with Crippen molar-refractivity contribution in [1.29, 1.82) is 0 Å². The molecular formula is C15H17N3O4S. The summed E-state index contributed by atoms with van der Waals surface area (Å²) < 4.78 is 24.0. The standard InChI is InChI=1S/C15H17N3O4S/c19-18(20)14-7-8-15(17-11-14)16-9-4-10-23(21,22)12-13-5-2-1-3-6-13/h1-3,5-8,11H,4,9-10,12H2,(H,16,17). The number of nitrogens with one attached hydrogen (secondary N) is 1. The lowest BCUT2D eigenvalue weighted by molar-refractivity contribution is -0.385. The monoisotopic (exact) mass is 335 g/mol. The van der Waals surface area contributed by atoms with Gasteiger partial charge in [-0.25, -0.2) is 13.4 Å². The number of nitro groups is 1. The zero-order valence-electron chi connectivity index (χ0n) is 12.4. The lowest BCUT2D eigenvalue weighted by atomic mass is 10.2. The first kappa shape index (κ1) is 16.9. The van der Waals surface area contributed by atoms with Crippen LogP contribution in [0.3, 0.4) is 0 Å². The fourth-order valence-corrected chi connectivity index (χ4v) is 3.44. The zero-order valence-corrected chi connectivity index (χ0v) is 13.2. The first-order chi connectivity index (χ1) is 11.0. The molecule has 0 aliphatic rings. The normalized spacial score (nSPS) is 11.1. The van der Waals surface area contributed by atoms with E-state index in [9.17, 15) is 18.5 Å². The molecular weight excluding hydrogens is 318 g/mol. The molecule has 2 rings (SSSR count). The van der Waals surface area contributed by atoms with Crippen molar-refractivity contribution in [2.75, 3.05) is 17.6 Å². The third kappa shape index (κ3) is 5.67. The van der Waals surface area contributed by atoms with E-state index in [0.717, 1.165) is 11.8 Å². The maximum Gasteiger partial charge on any atom is 0.287 e. The number of benzene rings is 1. The number of anilines is 1. The summed E-state index contributed by atoms with van der Waals surface area (Å²) in [5, 5.41) is 13.5. The predicted octanol–water partition coefficient (Wildman–Crippen LogP) is 2.41. The molecule has 1 heterocycles. The third-order valence-electron chi connectivity index (χ3n) is 3.13. The molecule has 8 heteroatoms. The summed E-state index contributed by atoms with van der Waals surface area (Å²) in [4.78, 5) is 13.9. The van der Waals surface area contributed by atoms with Gasteiger partial charge in [-0.15, -0.1) is 0 Å². The smallest absolute Gasteiger partial charge is 0.287 e. The molecule has 0 unspecified atom stereocenters. The molecule has 0 radical (unpaired) electrons. The number of sulfone groups is 1. The van der Waals surface area contributed by atoms with Crippen molar-refractivity contribution in [3.8, 4) is 0 Å². The maximum absolute atomic E-state index is 12.0. The highest BCUT2D eigenvalue weighted by Crippen LogP contribution is 2.12. The highest BCUT2D eigenvalue weighted by atomic mass is 32.2. The molecule has 2 aromatic rings. The van der Waals surface area contributed by atoms with Gasteiger partial charge in [0.15, 0.2) is 9.84 Å². The minimum Gasteiger partial charge on any atom is -0.370 e. The van der Waals surface area contributed by atoms with E-state index in [1.807, 2.05) is 18.2 Å². The number of aromatic nitrogens is 1. The lowest BCUT2D eigenvalue weighted by Crippen LogP contribution is -2.13. The molecule has 0 bridgehead atoms. The van der Waals surface area contributed by atoms with Crippen molar-refractivity contribution in [2.45, 2.75) is 12.2 Å². The fraction of sp³-hybridized carbons (Fsp3) is 0.267. The van der Waals surface area contributed by atoms with Gasteiger partial charge in [-0.3, -0.25) is 10.1 Å². The average Bonchev–Trinajstić information content (AvgIpc) is 2.52. The zero-order chi connectivity index (χ0) is 16.7. The summed E-state index contributed by atoms with van der Waals surface area (Å²) in [7, 11) is -3.16. The first-order valence-electron chi connectivity index (χ1n) is 7.05. The molecule has 0 spiro atoms. The van der Waals surface area contributed by atoms with E-state index >= 15 is 0 Å². The molecule has 0 atom stereocenters. The highest BCUT2D eigenvalue weighted by Gasteiger charge is 2.11. The Labute approximate surface area is 134 Å². The number of hydrogen-bond donors (Lipinski definition) is 1. The highest BCUT2D eigenvalue weighted by molar-refractivity contribution is 7.90. The van der Waals surface area contributed by atoms with Crippen LogP contribution in [0.15, 0.2) is 48.7 Å². The minimum atomic E-state index is -3.16. The van der Waals surface area contributed by atoms with E-state index < -0.39 is 14.8 Å². The Morgan fingerprint density at radius 3 is 2.48 bits per heavy atom. The molecule has 1 aromatic heterocycles. The molecule has 0 aliphatic carbocycles.